The minimum absolute atomic E-state index is 0.0598. The fraction of sp³-hybridized carbons (Fsp3) is 0.143. The molecular weight excluding hydrogens is 214 g/mol. The monoisotopic (exact) mass is 227 g/mol. The smallest absolute Gasteiger partial charge is 0.159 e. The number of hydrogen-bond donors (Lipinski definition) is 0. The first-order valence-electron chi connectivity index (χ1n) is 5.33. The van der Waals surface area contributed by atoms with Gasteiger partial charge in [0.05, 0.1) is 7.11 Å². The Bertz CT molecular complexity index is 532. The molecule has 17 heavy (non-hydrogen) atoms. The molecule has 0 amide bonds. The number of carbonyl (C=O) groups excluding carboxylic acids is 1. The van der Waals surface area contributed by atoms with Gasteiger partial charge in [-0.1, -0.05) is 24.3 Å². The molecule has 0 aliphatic heterocycles. The predicted octanol–water partition coefficient (Wildman–Crippen LogP) is 2.96. The van der Waals surface area contributed by atoms with Gasteiger partial charge >= 0.3 is 0 Å². The summed E-state index contributed by atoms with van der Waals surface area (Å²) in [5.74, 6) is 0.785. The summed E-state index contributed by atoms with van der Waals surface area (Å²) in [6, 6.07) is 11.0. The van der Waals surface area contributed by atoms with Crippen molar-refractivity contribution in [3.8, 4) is 17.0 Å². The zero-order valence-corrected chi connectivity index (χ0v) is 9.81. The number of ketones is 1. The van der Waals surface area contributed by atoms with Gasteiger partial charge in [0.15, 0.2) is 5.78 Å². The van der Waals surface area contributed by atoms with E-state index in [0.29, 0.717) is 5.56 Å². The molecule has 2 aromatic rings. The summed E-state index contributed by atoms with van der Waals surface area (Å²) in [6.07, 6.45) is 1.72. The van der Waals surface area contributed by atoms with E-state index >= 15 is 0 Å². The second kappa shape index (κ2) is 4.78. The fourth-order valence-electron chi connectivity index (χ4n) is 1.63. The Hall–Kier alpha value is -2.16. The van der Waals surface area contributed by atoms with Crippen molar-refractivity contribution < 1.29 is 9.53 Å². The van der Waals surface area contributed by atoms with Gasteiger partial charge in [0, 0.05) is 17.3 Å². The third kappa shape index (κ3) is 2.33. The standard InChI is InChI=1S/C14H13NO2/c1-10(16)11-5-7-12(8-6-11)14-13(17-2)4-3-9-15-14/h3-9H,1-2H3. The van der Waals surface area contributed by atoms with Crippen LogP contribution in [0.25, 0.3) is 11.3 Å². The molecule has 0 atom stereocenters. The summed E-state index contributed by atoms with van der Waals surface area (Å²) >= 11 is 0. The normalized spacial score (nSPS) is 10.0. The second-order valence-corrected chi connectivity index (χ2v) is 3.69. The van der Waals surface area contributed by atoms with Crippen LogP contribution in [0.3, 0.4) is 0 Å². The van der Waals surface area contributed by atoms with Gasteiger partial charge in [0.2, 0.25) is 0 Å². The van der Waals surface area contributed by atoms with E-state index in [-0.39, 0.29) is 5.78 Å². The molecule has 0 bridgehead atoms. The molecular formula is C14H13NO2. The molecule has 3 nitrogen and oxygen atoms in total. The zero-order chi connectivity index (χ0) is 12.3. The molecule has 0 fully saturated rings. The first-order valence-corrected chi connectivity index (χ1v) is 5.33. The molecule has 1 aromatic carbocycles. The molecule has 0 saturated carbocycles. The Kier molecular flexibility index (Phi) is 3.19. The molecule has 3 heteroatoms. The van der Waals surface area contributed by atoms with Gasteiger partial charge in [-0.05, 0) is 19.1 Å². The van der Waals surface area contributed by atoms with Crippen LogP contribution < -0.4 is 4.74 Å². The van der Waals surface area contributed by atoms with Crippen LogP contribution in [-0.4, -0.2) is 17.9 Å². The van der Waals surface area contributed by atoms with Crippen molar-refractivity contribution in [2.75, 3.05) is 7.11 Å². The summed E-state index contributed by atoms with van der Waals surface area (Å²) < 4.78 is 5.25. The van der Waals surface area contributed by atoms with E-state index in [0.717, 1.165) is 17.0 Å². The summed E-state index contributed by atoms with van der Waals surface area (Å²) in [5, 5.41) is 0. The van der Waals surface area contributed by atoms with Crippen LogP contribution in [0.15, 0.2) is 42.6 Å². The van der Waals surface area contributed by atoms with Crippen molar-refractivity contribution >= 4 is 5.78 Å². The highest BCUT2D eigenvalue weighted by Crippen LogP contribution is 2.27. The molecule has 0 radical (unpaired) electrons. The van der Waals surface area contributed by atoms with Gasteiger partial charge in [0.25, 0.3) is 0 Å². The Labute approximate surface area is 100 Å². The van der Waals surface area contributed by atoms with E-state index < -0.39 is 0 Å². The molecule has 0 saturated heterocycles. The first-order chi connectivity index (χ1) is 8.22. The van der Waals surface area contributed by atoms with Gasteiger partial charge in [0.1, 0.15) is 11.4 Å². The van der Waals surface area contributed by atoms with E-state index in [2.05, 4.69) is 4.98 Å². The van der Waals surface area contributed by atoms with Crippen LogP contribution in [0.2, 0.25) is 0 Å². The summed E-state index contributed by atoms with van der Waals surface area (Å²) in [7, 11) is 1.62. The maximum atomic E-state index is 11.2. The van der Waals surface area contributed by atoms with Crippen molar-refractivity contribution in [2.24, 2.45) is 0 Å². The molecule has 0 N–H and O–H groups in total. The van der Waals surface area contributed by atoms with Gasteiger partial charge in [-0.3, -0.25) is 9.78 Å². The quantitative estimate of drug-likeness (QED) is 0.757. The Morgan fingerprint density at radius 1 is 1.18 bits per heavy atom. The van der Waals surface area contributed by atoms with E-state index in [1.165, 1.54) is 0 Å². The summed E-state index contributed by atoms with van der Waals surface area (Å²) in [6.45, 7) is 1.55. The second-order valence-electron chi connectivity index (χ2n) is 3.69. The third-order valence-electron chi connectivity index (χ3n) is 2.56. The molecule has 0 aliphatic rings. The van der Waals surface area contributed by atoms with Crippen LogP contribution >= 0.6 is 0 Å². The maximum absolute atomic E-state index is 11.2. The minimum Gasteiger partial charge on any atom is -0.494 e. The first kappa shape index (κ1) is 11.3. The highest BCUT2D eigenvalue weighted by atomic mass is 16.5. The zero-order valence-electron chi connectivity index (χ0n) is 9.81. The van der Waals surface area contributed by atoms with Crippen LogP contribution in [0, 0.1) is 0 Å². The Balaban J connectivity index is 2.43. The largest absolute Gasteiger partial charge is 0.494 e. The average molecular weight is 227 g/mol. The van der Waals surface area contributed by atoms with Crippen LogP contribution in [0.5, 0.6) is 5.75 Å². The third-order valence-corrected chi connectivity index (χ3v) is 2.56. The van der Waals surface area contributed by atoms with Gasteiger partial charge in [-0.15, -0.1) is 0 Å². The number of carbonyl (C=O) groups is 1. The molecule has 0 spiro atoms. The lowest BCUT2D eigenvalue weighted by molar-refractivity contribution is 0.101. The Morgan fingerprint density at radius 3 is 2.47 bits per heavy atom. The van der Waals surface area contributed by atoms with Crippen LogP contribution in [0.1, 0.15) is 17.3 Å². The SMILES string of the molecule is COc1cccnc1-c1ccc(C(C)=O)cc1. The number of Topliss-reactive ketones (excluding diaryl/α,β-unsaturated/α-hetero) is 1. The van der Waals surface area contributed by atoms with Crippen LogP contribution in [-0.2, 0) is 0 Å². The van der Waals surface area contributed by atoms with Gasteiger partial charge in [-0.25, -0.2) is 0 Å². The van der Waals surface area contributed by atoms with Crippen molar-refractivity contribution in [3.63, 3.8) is 0 Å². The predicted molar refractivity (Wildman–Crippen MR) is 66.2 cm³/mol. The molecule has 1 aromatic heterocycles. The number of ether oxygens (including phenoxy) is 1. The molecule has 0 aliphatic carbocycles. The van der Waals surface area contributed by atoms with E-state index in [9.17, 15) is 4.79 Å². The molecule has 86 valence electrons. The number of hydrogen-bond acceptors (Lipinski definition) is 3. The lowest BCUT2D eigenvalue weighted by atomic mass is 10.1. The number of methoxy groups -OCH3 is 1. The number of benzene rings is 1. The minimum atomic E-state index is 0.0598. The Morgan fingerprint density at radius 2 is 1.88 bits per heavy atom. The van der Waals surface area contributed by atoms with E-state index in [4.69, 9.17) is 4.74 Å². The van der Waals surface area contributed by atoms with Crippen molar-refractivity contribution in [3.05, 3.63) is 48.2 Å². The average Bonchev–Trinajstić information content (AvgIpc) is 2.39. The van der Waals surface area contributed by atoms with Crippen molar-refractivity contribution in [1.82, 2.24) is 4.98 Å². The van der Waals surface area contributed by atoms with Crippen LogP contribution in [0.4, 0.5) is 0 Å². The van der Waals surface area contributed by atoms with Crippen molar-refractivity contribution in [1.29, 1.82) is 0 Å². The highest BCUT2D eigenvalue weighted by molar-refractivity contribution is 5.94. The highest BCUT2D eigenvalue weighted by Gasteiger charge is 2.07. The van der Waals surface area contributed by atoms with E-state index in [1.807, 2.05) is 24.3 Å². The molecule has 2 rings (SSSR count). The number of nitrogens with zero attached hydrogens (tertiary/aromatic N) is 1. The number of rotatable bonds is 3. The van der Waals surface area contributed by atoms with E-state index in [1.54, 1.807) is 32.4 Å². The number of aromatic nitrogens is 1. The lowest BCUT2D eigenvalue weighted by Gasteiger charge is -2.07. The maximum Gasteiger partial charge on any atom is 0.159 e. The lowest BCUT2D eigenvalue weighted by Crippen LogP contribution is -1.93. The topological polar surface area (TPSA) is 39.2 Å². The van der Waals surface area contributed by atoms with Gasteiger partial charge in [-0.2, -0.15) is 0 Å². The molecule has 1 heterocycles. The molecule has 0 unspecified atom stereocenters. The van der Waals surface area contributed by atoms with Crippen molar-refractivity contribution in [2.45, 2.75) is 6.92 Å². The van der Waals surface area contributed by atoms with Gasteiger partial charge < -0.3 is 4.74 Å². The fourth-order valence-corrected chi connectivity index (χ4v) is 1.63. The number of pyridine rings is 1. The summed E-state index contributed by atoms with van der Waals surface area (Å²) in [5.41, 5.74) is 2.42. The summed E-state index contributed by atoms with van der Waals surface area (Å²) in [4.78, 5) is 15.5.